The topological polar surface area (TPSA) is 51.0 Å². The molecule has 0 saturated heterocycles. The zero-order valence-corrected chi connectivity index (χ0v) is 17.7. The highest BCUT2D eigenvalue weighted by Gasteiger charge is 2.12. The summed E-state index contributed by atoms with van der Waals surface area (Å²) >= 11 is 6.27. The van der Waals surface area contributed by atoms with Crippen molar-refractivity contribution in [3.63, 3.8) is 0 Å². The summed E-state index contributed by atoms with van der Waals surface area (Å²) in [5, 5.41) is 5.34. The molecule has 0 saturated carbocycles. The van der Waals surface area contributed by atoms with Crippen LogP contribution in [0.2, 0.25) is 5.02 Å². The Labute approximate surface area is 176 Å². The number of carbonyl (C=O) groups is 1. The van der Waals surface area contributed by atoms with Crippen molar-refractivity contribution in [1.82, 2.24) is 19.7 Å². The van der Waals surface area contributed by atoms with Crippen LogP contribution in [0.1, 0.15) is 28.2 Å². The summed E-state index contributed by atoms with van der Waals surface area (Å²) < 4.78 is 1.92. The van der Waals surface area contributed by atoms with Gasteiger partial charge in [-0.25, -0.2) is 0 Å². The van der Waals surface area contributed by atoms with E-state index in [0.717, 1.165) is 39.7 Å². The first-order valence-corrected chi connectivity index (χ1v) is 9.94. The van der Waals surface area contributed by atoms with Crippen LogP contribution in [0.25, 0.3) is 6.08 Å². The van der Waals surface area contributed by atoms with Crippen LogP contribution >= 0.6 is 11.6 Å². The predicted octanol–water partition coefficient (Wildman–Crippen LogP) is 4.31. The molecule has 0 bridgehead atoms. The number of hydrogen-bond acceptors (Lipinski definition) is 3. The van der Waals surface area contributed by atoms with Crippen molar-refractivity contribution in [3.05, 3.63) is 88.0 Å². The van der Waals surface area contributed by atoms with Crippen molar-refractivity contribution in [3.8, 4) is 0 Å². The number of likely N-dealkylation sites (N-methyl/N-ethyl adjacent to an activating group) is 1. The fraction of sp³-hybridized carbons (Fsp3) is 0.261. The van der Waals surface area contributed by atoms with Gasteiger partial charge in [0, 0.05) is 54.3 Å². The van der Waals surface area contributed by atoms with Crippen LogP contribution < -0.4 is 0 Å². The number of amides is 1. The number of carbonyl (C=O) groups excluding carboxylic acids is 1. The normalized spacial score (nSPS) is 11.2. The summed E-state index contributed by atoms with van der Waals surface area (Å²) in [6.45, 7) is 5.17. The van der Waals surface area contributed by atoms with Gasteiger partial charge in [-0.1, -0.05) is 35.9 Å². The van der Waals surface area contributed by atoms with Gasteiger partial charge < -0.3 is 4.90 Å². The van der Waals surface area contributed by atoms with Crippen molar-refractivity contribution in [2.24, 2.45) is 0 Å². The number of aryl methyl sites for hydroxylation is 1. The molecule has 0 aliphatic carbocycles. The number of hydrogen-bond donors (Lipinski definition) is 0. The van der Waals surface area contributed by atoms with Crippen LogP contribution in [-0.4, -0.2) is 39.2 Å². The molecule has 0 atom stereocenters. The lowest BCUT2D eigenvalue weighted by molar-refractivity contribution is -0.124. The lowest BCUT2D eigenvalue weighted by atomic mass is 10.1. The van der Waals surface area contributed by atoms with Crippen LogP contribution in [0.3, 0.4) is 0 Å². The van der Waals surface area contributed by atoms with Gasteiger partial charge >= 0.3 is 0 Å². The van der Waals surface area contributed by atoms with Crippen molar-refractivity contribution < 1.29 is 4.79 Å². The predicted molar refractivity (Wildman–Crippen MR) is 117 cm³/mol. The van der Waals surface area contributed by atoms with Gasteiger partial charge in [-0.15, -0.1) is 0 Å². The molecule has 0 aliphatic rings. The van der Waals surface area contributed by atoms with E-state index >= 15 is 0 Å². The fourth-order valence-corrected chi connectivity index (χ4v) is 3.31. The maximum Gasteiger partial charge on any atom is 0.246 e. The Hall–Kier alpha value is -2.92. The van der Waals surface area contributed by atoms with E-state index in [1.807, 2.05) is 67.1 Å². The lowest BCUT2D eigenvalue weighted by Gasteiger charge is -2.14. The molecule has 0 spiro atoms. The molecule has 2 heterocycles. The molecule has 5 nitrogen and oxygen atoms in total. The van der Waals surface area contributed by atoms with Gasteiger partial charge in [-0.2, -0.15) is 5.10 Å². The molecule has 150 valence electrons. The van der Waals surface area contributed by atoms with Gasteiger partial charge in [0.1, 0.15) is 0 Å². The molecule has 0 aliphatic heterocycles. The van der Waals surface area contributed by atoms with Crippen LogP contribution in [0.5, 0.6) is 0 Å². The van der Waals surface area contributed by atoms with Gasteiger partial charge in [0.25, 0.3) is 0 Å². The monoisotopic (exact) mass is 408 g/mol. The van der Waals surface area contributed by atoms with Gasteiger partial charge in [-0.05, 0) is 43.7 Å². The van der Waals surface area contributed by atoms with Crippen molar-refractivity contribution in [2.75, 3.05) is 13.6 Å². The quantitative estimate of drug-likeness (QED) is 0.547. The second kappa shape index (κ2) is 9.52. The fourth-order valence-electron chi connectivity index (χ4n) is 3.11. The number of nitrogens with zero attached hydrogens (tertiary/aromatic N) is 4. The second-order valence-corrected chi connectivity index (χ2v) is 7.40. The van der Waals surface area contributed by atoms with Gasteiger partial charge in [0.05, 0.1) is 12.2 Å². The Morgan fingerprint density at radius 1 is 1.17 bits per heavy atom. The van der Waals surface area contributed by atoms with E-state index in [-0.39, 0.29) is 5.91 Å². The first kappa shape index (κ1) is 20.8. The highest BCUT2D eigenvalue weighted by Crippen LogP contribution is 2.20. The molecule has 6 heteroatoms. The summed E-state index contributed by atoms with van der Waals surface area (Å²) in [5.41, 5.74) is 4.84. The van der Waals surface area contributed by atoms with Crippen molar-refractivity contribution in [2.45, 2.75) is 26.8 Å². The van der Waals surface area contributed by atoms with Crippen LogP contribution in [0, 0.1) is 13.8 Å². The molecule has 0 fully saturated rings. The largest absolute Gasteiger partial charge is 0.342 e. The maximum absolute atomic E-state index is 12.5. The molecular weight excluding hydrogens is 384 g/mol. The number of aromatic nitrogens is 3. The minimum absolute atomic E-state index is 0.0430. The standard InChI is InChI=1S/C23H25ClN4O/c1-17-21(18(2)28(26-17)16-19-8-4-5-10-22(19)24)11-12-23(29)27(3)15-13-20-9-6-7-14-25-20/h4-12,14H,13,15-16H2,1-3H3/b12-11+. The third-order valence-corrected chi connectivity index (χ3v) is 5.28. The summed E-state index contributed by atoms with van der Waals surface area (Å²) in [5.74, 6) is -0.0430. The molecule has 2 aromatic heterocycles. The maximum atomic E-state index is 12.5. The Bertz CT molecular complexity index is 1010. The molecule has 3 rings (SSSR count). The Morgan fingerprint density at radius 3 is 2.66 bits per heavy atom. The number of rotatable bonds is 7. The van der Waals surface area contributed by atoms with Crippen LogP contribution in [0.15, 0.2) is 54.7 Å². The zero-order chi connectivity index (χ0) is 20.8. The second-order valence-electron chi connectivity index (χ2n) is 7.00. The zero-order valence-electron chi connectivity index (χ0n) is 17.0. The van der Waals surface area contributed by atoms with E-state index in [0.29, 0.717) is 13.1 Å². The Kier molecular flexibility index (Phi) is 6.83. The van der Waals surface area contributed by atoms with E-state index in [1.54, 1.807) is 24.2 Å². The Morgan fingerprint density at radius 2 is 1.93 bits per heavy atom. The van der Waals surface area contributed by atoms with E-state index in [9.17, 15) is 4.79 Å². The van der Waals surface area contributed by atoms with Gasteiger partial charge in [0.2, 0.25) is 5.91 Å². The number of pyridine rings is 1. The molecule has 3 aromatic rings. The van der Waals surface area contributed by atoms with Crippen molar-refractivity contribution >= 4 is 23.6 Å². The summed E-state index contributed by atoms with van der Waals surface area (Å²) in [7, 11) is 1.80. The average Bonchev–Trinajstić information content (AvgIpc) is 2.99. The van der Waals surface area contributed by atoms with Crippen LogP contribution in [-0.2, 0) is 17.8 Å². The third-order valence-electron chi connectivity index (χ3n) is 4.91. The first-order chi connectivity index (χ1) is 14.0. The lowest BCUT2D eigenvalue weighted by Crippen LogP contribution is -2.27. The summed E-state index contributed by atoms with van der Waals surface area (Å²) in [6, 6.07) is 13.6. The highest BCUT2D eigenvalue weighted by atomic mass is 35.5. The number of benzene rings is 1. The van der Waals surface area contributed by atoms with E-state index < -0.39 is 0 Å². The van der Waals surface area contributed by atoms with E-state index in [4.69, 9.17) is 11.6 Å². The van der Waals surface area contributed by atoms with Crippen molar-refractivity contribution in [1.29, 1.82) is 0 Å². The molecule has 1 amide bonds. The summed E-state index contributed by atoms with van der Waals surface area (Å²) in [6.07, 6.45) is 5.95. The van der Waals surface area contributed by atoms with Crippen LogP contribution in [0.4, 0.5) is 0 Å². The van der Waals surface area contributed by atoms with E-state index in [1.165, 1.54) is 0 Å². The highest BCUT2D eigenvalue weighted by molar-refractivity contribution is 6.31. The average molecular weight is 409 g/mol. The Balaban J connectivity index is 1.66. The first-order valence-electron chi connectivity index (χ1n) is 9.56. The SMILES string of the molecule is Cc1nn(Cc2ccccc2Cl)c(C)c1/C=C/C(=O)N(C)CCc1ccccn1. The molecule has 1 aromatic carbocycles. The summed E-state index contributed by atoms with van der Waals surface area (Å²) in [4.78, 5) is 18.5. The molecule has 0 radical (unpaired) electrons. The molecule has 0 N–H and O–H groups in total. The number of halogens is 1. The smallest absolute Gasteiger partial charge is 0.246 e. The third kappa shape index (κ3) is 5.33. The minimum atomic E-state index is -0.0430. The van der Waals surface area contributed by atoms with Gasteiger partial charge in [0.15, 0.2) is 0 Å². The van der Waals surface area contributed by atoms with Gasteiger partial charge in [-0.3, -0.25) is 14.5 Å². The van der Waals surface area contributed by atoms with E-state index in [2.05, 4.69) is 10.1 Å². The molecular formula is C23H25ClN4O. The molecule has 29 heavy (non-hydrogen) atoms. The molecule has 0 unspecified atom stereocenters. The minimum Gasteiger partial charge on any atom is -0.342 e.